The topological polar surface area (TPSA) is 60.9 Å². The van der Waals surface area contributed by atoms with Crippen molar-refractivity contribution in [2.45, 2.75) is 39.0 Å². The van der Waals surface area contributed by atoms with Crippen LogP contribution < -0.4 is 0 Å². The van der Waals surface area contributed by atoms with Gasteiger partial charge in [-0.1, -0.05) is 6.92 Å². The van der Waals surface area contributed by atoms with Crippen LogP contribution >= 0.6 is 0 Å². The molecule has 0 aromatic rings. The predicted octanol–water partition coefficient (Wildman–Crippen LogP) is 1.43. The highest BCUT2D eigenvalue weighted by atomic mass is 16.4. The fourth-order valence-corrected chi connectivity index (χ4v) is 3.42. The molecule has 1 amide bonds. The van der Waals surface area contributed by atoms with Gasteiger partial charge in [0.15, 0.2) is 0 Å². The molecule has 2 heterocycles. The van der Waals surface area contributed by atoms with Crippen LogP contribution in [0.2, 0.25) is 0 Å². The van der Waals surface area contributed by atoms with Gasteiger partial charge in [-0.3, -0.25) is 14.5 Å². The molecule has 0 spiro atoms. The van der Waals surface area contributed by atoms with Crippen LogP contribution in [0.25, 0.3) is 0 Å². The molecule has 1 N–H and O–H groups in total. The van der Waals surface area contributed by atoms with Crippen LogP contribution in [0.5, 0.6) is 0 Å². The summed E-state index contributed by atoms with van der Waals surface area (Å²) in [5.74, 6) is 0.295. The van der Waals surface area contributed by atoms with Gasteiger partial charge in [-0.2, -0.15) is 0 Å². The lowest BCUT2D eigenvalue weighted by Crippen LogP contribution is -2.47. The largest absolute Gasteiger partial charge is 0.481 e. The molecular weight excluding hydrogens is 256 g/mol. The predicted molar refractivity (Wildman–Crippen MR) is 76.4 cm³/mol. The van der Waals surface area contributed by atoms with Crippen molar-refractivity contribution in [3.05, 3.63) is 0 Å². The maximum absolute atomic E-state index is 12.3. The first-order valence-electron chi connectivity index (χ1n) is 7.76. The van der Waals surface area contributed by atoms with E-state index in [0.717, 1.165) is 45.4 Å². The van der Waals surface area contributed by atoms with Crippen molar-refractivity contribution < 1.29 is 14.7 Å². The summed E-state index contributed by atoms with van der Waals surface area (Å²) in [5.41, 5.74) is 0. The van der Waals surface area contributed by atoms with Crippen LogP contribution in [0.1, 0.15) is 39.0 Å². The van der Waals surface area contributed by atoms with E-state index in [1.807, 2.05) is 4.90 Å². The normalized spacial score (nSPS) is 28.4. The molecule has 2 atom stereocenters. The molecule has 0 bridgehead atoms. The molecule has 2 unspecified atom stereocenters. The molecule has 5 heteroatoms. The lowest BCUT2D eigenvalue weighted by molar-refractivity contribution is -0.138. The summed E-state index contributed by atoms with van der Waals surface area (Å²) < 4.78 is 0. The molecule has 2 rings (SSSR count). The second kappa shape index (κ2) is 7.07. The van der Waals surface area contributed by atoms with Crippen LogP contribution in [0, 0.1) is 11.8 Å². The number of carbonyl (C=O) groups excluding carboxylic acids is 1. The monoisotopic (exact) mass is 282 g/mol. The van der Waals surface area contributed by atoms with E-state index < -0.39 is 5.97 Å². The van der Waals surface area contributed by atoms with Gasteiger partial charge in [-0.25, -0.2) is 0 Å². The number of rotatable bonds is 4. The number of carboxylic acids is 1. The Morgan fingerprint density at radius 3 is 2.60 bits per heavy atom. The molecule has 114 valence electrons. The first-order valence-corrected chi connectivity index (χ1v) is 7.76. The highest BCUT2D eigenvalue weighted by molar-refractivity contribution is 5.78. The summed E-state index contributed by atoms with van der Waals surface area (Å²) >= 11 is 0. The maximum Gasteiger partial charge on any atom is 0.303 e. The number of hydrogen-bond acceptors (Lipinski definition) is 3. The summed E-state index contributed by atoms with van der Waals surface area (Å²) in [6.07, 6.45) is 4.52. The summed E-state index contributed by atoms with van der Waals surface area (Å²) in [6.45, 7) is 6.10. The molecule has 2 fully saturated rings. The van der Waals surface area contributed by atoms with Gasteiger partial charge in [-0.05, 0) is 44.1 Å². The summed E-state index contributed by atoms with van der Waals surface area (Å²) in [4.78, 5) is 27.2. The van der Waals surface area contributed by atoms with Crippen molar-refractivity contribution in [2.75, 3.05) is 32.7 Å². The summed E-state index contributed by atoms with van der Waals surface area (Å²) in [5, 5.41) is 8.87. The highest BCUT2D eigenvalue weighted by Gasteiger charge is 2.26. The minimum atomic E-state index is -0.729. The zero-order valence-corrected chi connectivity index (χ0v) is 12.4. The van der Waals surface area contributed by atoms with E-state index >= 15 is 0 Å². The van der Waals surface area contributed by atoms with Gasteiger partial charge >= 0.3 is 5.97 Å². The summed E-state index contributed by atoms with van der Waals surface area (Å²) in [7, 11) is 0. The average Bonchev–Trinajstić information content (AvgIpc) is 2.38. The van der Waals surface area contributed by atoms with Crippen LogP contribution in [0.4, 0.5) is 0 Å². The first kappa shape index (κ1) is 15.3. The van der Waals surface area contributed by atoms with Crippen molar-refractivity contribution in [3.8, 4) is 0 Å². The minimum Gasteiger partial charge on any atom is -0.481 e. The Balaban J connectivity index is 1.79. The molecular formula is C15H26N2O3. The van der Waals surface area contributed by atoms with E-state index in [4.69, 9.17) is 5.11 Å². The Kier molecular flexibility index (Phi) is 5.40. The molecule has 2 saturated heterocycles. The fraction of sp³-hybridized carbons (Fsp3) is 0.867. The molecule has 2 aliphatic rings. The highest BCUT2D eigenvalue weighted by Crippen LogP contribution is 2.20. The van der Waals surface area contributed by atoms with Gasteiger partial charge < -0.3 is 10.0 Å². The molecule has 0 saturated carbocycles. The average molecular weight is 282 g/mol. The van der Waals surface area contributed by atoms with Crippen molar-refractivity contribution in [2.24, 2.45) is 11.8 Å². The van der Waals surface area contributed by atoms with Crippen LogP contribution in [0.3, 0.4) is 0 Å². The molecule has 0 aromatic heterocycles. The van der Waals surface area contributed by atoms with Crippen molar-refractivity contribution in [3.63, 3.8) is 0 Å². The third-order valence-electron chi connectivity index (χ3n) is 4.43. The Labute approximate surface area is 120 Å². The smallest absolute Gasteiger partial charge is 0.303 e. The van der Waals surface area contributed by atoms with E-state index in [1.54, 1.807) is 0 Å². The van der Waals surface area contributed by atoms with Gasteiger partial charge in [0.2, 0.25) is 5.91 Å². The number of aliphatic carboxylic acids is 1. The van der Waals surface area contributed by atoms with Crippen molar-refractivity contribution >= 4 is 11.9 Å². The third-order valence-corrected chi connectivity index (χ3v) is 4.43. The second-order valence-electron chi connectivity index (χ2n) is 6.43. The lowest BCUT2D eigenvalue weighted by atomic mass is 9.95. The Hall–Kier alpha value is -1.10. The Bertz CT molecular complexity index is 359. The molecule has 5 nitrogen and oxygen atoms in total. The number of hydrogen-bond donors (Lipinski definition) is 1. The number of piperidine rings is 2. The number of nitrogens with zero attached hydrogens (tertiary/aromatic N) is 2. The Morgan fingerprint density at radius 1 is 1.15 bits per heavy atom. The van der Waals surface area contributed by atoms with Gasteiger partial charge in [0.25, 0.3) is 0 Å². The maximum atomic E-state index is 12.3. The van der Waals surface area contributed by atoms with Crippen molar-refractivity contribution in [1.29, 1.82) is 0 Å². The molecule has 2 aliphatic heterocycles. The quantitative estimate of drug-likeness (QED) is 0.847. The zero-order valence-electron chi connectivity index (χ0n) is 12.4. The van der Waals surface area contributed by atoms with E-state index in [9.17, 15) is 9.59 Å². The van der Waals surface area contributed by atoms with Crippen LogP contribution in [0.15, 0.2) is 0 Å². The van der Waals surface area contributed by atoms with Crippen LogP contribution in [-0.2, 0) is 9.59 Å². The van der Waals surface area contributed by atoms with Gasteiger partial charge in [0.1, 0.15) is 0 Å². The van der Waals surface area contributed by atoms with E-state index in [2.05, 4.69) is 11.8 Å². The third kappa shape index (κ3) is 4.47. The van der Waals surface area contributed by atoms with E-state index in [0.29, 0.717) is 12.5 Å². The van der Waals surface area contributed by atoms with E-state index in [1.165, 1.54) is 6.42 Å². The van der Waals surface area contributed by atoms with Gasteiger partial charge in [0.05, 0.1) is 6.54 Å². The molecule has 20 heavy (non-hydrogen) atoms. The zero-order chi connectivity index (χ0) is 14.5. The minimum absolute atomic E-state index is 0.203. The summed E-state index contributed by atoms with van der Waals surface area (Å²) in [6, 6.07) is 0. The van der Waals surface area contributed by atoms with E-state index in [-0.39, 0.29) is 18.2 Å². The van der Waals surface area contributed by atoms with Crippen LogP contribution in [-0.4, -0.2) is 59.5 Å². The molecule has 0 aromatic carbocycles. The number of carbonyl (C=O) groups is 2. The molecule has 0 radical (unpaired) electrons. The number of likely N-dealkylation sites (tertiary alicyclic amines) is 2. The number of amides is 1. The standard InChI is InChI=1S/C15H26N2O3/c1-12-4-2-7-17(9-12)14(18)11-16-6-3-5-13(10-16)8-15(19)20/h12-13H,2-11H2,1H3,(H,19,20). The van der Waals surface area contributed by atoms with Crippen molar-refractivity contribution in [1.82, 2.24) is 9.80 Å². The number of carboxylic acid groups (broad SMARTS) is 1. The second-order valence-corrected chi connectivity index (χ2v) is 6.43. The Morgan fingerprint density at radius 2 is 1.90 bits per heavy atom. The molecule has 0 aliphatic carbocycles. The first-order chi connectivity index (χ1) is 9.54. The fourth-order valence-electron chi connectivity index (χ4n) is 3.42. The van der Waals surface area contributed by atoms with Gasteiger partial charge in [-0.15, -0.1) is 0 Å². The lowest BCUT2D eigenvalue weighted by Gasteiger charge is -2.35. The van der Waals surface area contributed by atoms with Gasteiger partial charge in [0, 0.05) is 26.1 Å². The SMILES string of the molecule is CC1CCCN(C(=O)CN2CCCC(CC(=O)O)C2)C1.